The van der Waals surface area contributed by atoms with Crippen molar-refractivity contribution in [1.29, 1.82) is 0 Å². The third kappa shape index (κ3) is 1.78. The minimum absolute atomic E-state index is 0.105. The number of hydrogen-bond acceptors (Lipinski definition) is 3. The summed E-state index contributed by atoms with van der Waals surface area (Å²) in [4.78, 5) is 14.2. The Bertz CT molecular complexity index is 453. The summed E-state index contributed by atoms with van der Waals surface area (Å²) in [5, 5.41) is 12.8. The summed E-state index contributed by atoms with van der Waals surface area (Å²) in [6, 6.07) is 5.30. The highest BCUT2D eigenvalue weighted by Crippen LogP contribution is 2.29. The van der Waals surface area contributed by atoms with Crippen LogP contribution in [-0.2, 0) is 6.54 Å². The Labute approximate surface area is 100 Å². The highest BCUT2D eigenvalue weighted by atomic mass is 16.3. The third-order valence-electron chi connectivity index (χ3n) is 3.63. The molecule has 0 spiro atoms. The van der Waals surface area contributed by atoms with E-state index in [1.54, 1.807) is 18.2 Å². The molecule has 1 saturated heterocycles. The number of phenolic OH excluding ortho intramolecular Hbond substituents is 1. The summed E-state index contributed by atoms with van der Waals surface area (Å²) < 4.78 is 0. The first-order valence-corrected chi connectivity index (χ1v) is 6.09. The molecule has 1 unspecified atom stereocenters. The first-order valence-electron chi connectivity index (χ1n) is 6.09. The number of aromatic hydroxyl groups is 1. The number of carbonyl (C=O) groups excluding carboxylic acids is 1. The molecule has 0 saturated carbocycles. The van der Waals surface area contributed by atoms with Crippen molar-refractivity contribution in [2.45, 2.75) is 25.4 Å². The Morgan fingerprint density at radius 2 is 2.29 bits per heavy atom. The van der Waals surface area contributed by atoms with Gasteiger partial charge < -0.3 is 15.3 Å². The molecule has 1 aromatic rings. The van der Waals surface area contributed by atoms with Crippen LogP contribution < -0.4 is 5.32 Å². The molecule has 1 atom stereocenters. The van der Waals surface area contributed by atoms with Gasteiger partial charge in [0.1, 0.15) is 5.75 Å². The lowest BCUT2D eigenvalue weighted by Gasteiger charge is -2.31. The van der Waals surface area contributed by atoms with E-state index >= 15 is 0 Å². The van der Waals surface area contributed by atoms with Crippen LogP contribution in [0.3, 0.4) is 0 Å². The summed E-state index contributed by atoms with van der Waals surface area (Å²) in [5.41, 5.74) is 1.69. The number of carbonyl (C=O) groups is 1. The van der Waals surface area contributed by atoms with Gasteiger partial charge in [0.25, 0.3) is 5.91 Å². The second-order valence-corrected chi connectivity index (χ2v) is 4.77. The predicted molar refractivity (Wildman–Crippen MR) is 63.9 cm³/mol. The van der Waals surface area contributed by atoms with Gasteiger partial charge in [-0.1, -0.05) is 0 Å². The molecule has 90 valence electrons. The van der Waals surface area contributed by atoms with Crippen molar-refractivity contribution in [1.82, 2.24) is 10.2 Å². The maximum absolute atomic E-state index is 12.2. The molecule has 0 bridgehead atoms. The van der Waals surface area contributed by atoms with Gasteiger partial charge in [-0.15, -0.1) is 0 Å². The molecule has 1 aromatic carbocycles. The zero-order valence-electron chi connectivity index (χ0n) is 9.65. The molecule has 1 amide bonds. The van der Waals surface area contributed by atoms with Crippen molar-refractivity contribution < 1.29 is 9.90 Å². The monoisotopic (exact) mass is 232 g/mol. The fourth-order valence-corrected chi connectivity index (χ4v) is 2.72. The molecule has 2 aliphatic rings. The largest absolute Gasteiger partial charge is 0.508 e. The van der Waals surface area contributed by atoms with Crippen molar-refractivity contribution in [2.75, 3.05) is 13.1 Å². The van der Waals surface area contributed by atoms with E-state index < -0.39 is 0 Å². The van der Waals surface area contributed by atoms with Crippen LogP contribution in [0.2, 0.25) is 0 Å². The summed E-state index contributed by atoms with van der Waals surface area (Å²) >= 11 is 0. The van der Waals surface area contributed by atoms with E-state index in [2.05, 4.69) is 5.32 Å². The molecule has 2 heterocycles. The minimum atomic E-state index is 0.105. The Balaban J connectivity index is 1.85. The number of rotatable bonds is 1. The Morgan fingerprint density at radius 3 is 3.06 bits per heavy atom. The standard InChI is InChI=1S/C13H16N2O2/c16-11-3-4-12-9(6-11)8-15(13(12)17)10-2-1-5-14-7-10/h3-4,6,10,14,16H,1-2,5,7-8H2. The number of nitrogens with one attached hydrogen (secondary N) is 1. The number of benzene rings is 1. The zero-order valence-corrected chi connectivity index (χ0v) is 9.65. The summed E-state index contributed by atoms with van der Waals surface area (Å²) in [6.45, 7) is 2.56. The maximum Gasteiger partial charge on any atom is 0.254 e. The van der Waals surface area contributed by atoms with Crippen LogP contribution in [0.1, 0.15) is 28.8 Å². The first kappa shape index (κ1) is 10.6. The molecule has 4 nitrogen and oxygen atoms in total. The lowest BCUT2D eigenvalue weighted by molar-refractivity contribution is 0.0674. The Morgan fingerprint density at radius 1 is 1.41 bits per heavy atom. The number of fused-ring (bicyclic) bond motifs is 1. The number of amides is 1. The van der Waals surface area contributed by atoms with Crippen LogP contribution in [0.4, 0.5) is 0 Å². The van der Waals surface area contributed by atoms with E-state index in [4.69, 9.17) is 0 Å². The van der Waals surface area contributed by atoms with Crippen LogP contribution >= 0.6 is 0 Å². The fourth-order valence-electron chi connectivity index (χ4n) is 2.72. The SMILES string of the molecule is O=C1c2ccc(O)cc2CN1C1CCCNC1. The van der Waals surface area contributed by atoms with Crippen LogP contribution in [0.25, 0.3) is 0 Å². The smallest absolute Gasteiger partial charge is 0.254 e. The van der Waals surface area contributed by atoms with Gasteiger partial charge in [-0.3, -0.25) is 4.79 Å². The minimum Gasteiger partial charge on any atom is -0.508 e. The number of phenols is 1. The van der Waals surface area contributed by atoms with Gasteiger partial charge in [0, 0.05) is 24.7 Å². The van der Waals surface area contributed by atoms with Gasteiger partial charge in [-0.2, -0.15) is 0 Å². The zero-order chi connectivity index (χ0) is 11.8. The van der Waals surface area contributed by atoms with Crippen molar-refractivity contribution >= 4 is 5.91 Å². The average Bonchev–Trinajstić information content (AvgIpc) is 2.67. The molecular formula is C13H16N2O2. The second-order valence-electron chi connectivity index (χ2n) is 4.77. The number of nitrogens with zero attached hydrogens (tertiary/aromatic N) is 1. The van der Waals surface area contributed by atoms with Crippen molar-refractivity contribution in [3.8, 4) is 5.75 Å². The topological polar surface area (TPSA) is 52.6 Å². The lowest BCUT2D eigenvalue weighted by atomic mass is 10.1. The number of piperidine rings is 1. The normalized spacial score (nSPS) is 23.9. The Kier molecular flexibility index (Phi) is 2.52. The van der Waals surface area contributed by atoms with E-state index in [-0.39, 0.29) is 11.7 Å². The summed E-state index contributed by atoms with van der Waals surface area (Å²) in [5.74, 6) is 0.342. The molecule has 0 aromatic heterocycles. The Hall–Kier alpha value is -1.55. The molecule has 1 fully saturated rings. The van der Waals surface area contributed by atoms with Gasteiger partial charge >= 0.3 is 0 Å². The quantitative estimate of drug-likeness (QED) is 0.762. The molecule has 3 rings (SSSR count). The van der Waals surface area contributed by atoms with Gasteiger partial charge in [-0.25, -0.2) is 0 Å². The van der Waals surface area contributed by atoms with E-state index in [0.29, 0.717) is 12.6 Å². The molecule has 0 radical (unpaired) electrons. The number of hydrogen-bond donors (Lipinski definition) is 2. The van der Waals surface area contributed by atoms with E-state index in [1.807, 2.05) is 4.90 Å². The third-order valence-corrected chi connectivity index (χ3v) is 3.63. The maximum atomic E-state index is 12.2. The second kappa shape index (κ2) is 4.04. The molecule has 4 heteroatoms. The van der Waals surface area contributed by atoms with Gasteiger partial charge in [0.2, 0.25) is 0 Å². The molecular weight excluding hydrogens is 216 g/mol. The van der Waals surface area contributed by atoms with Gasteiger partial charge in [-0.05, 0) is 43.1 Å². The van der Waals surface area contributed by atoms with Gasteiger partial charge in [0.05, 0.1) is 0 Å². The van der Waals surface area contributed by atoms with Crippen LogP contribution in [0.15, 0.2) is 18.2 Å². The van der Waals surface area contributed by atoms with Crippen LogP contribution in [-0.4, -0.2) is 35.0 Å². The van der Waals surface area contributed by atoms with Crippen molar-refractivity contribution in [2.24, 2.45) is 0 Å². The fraction of sp³-hybridized carbons (Fsp3) is 0.462. The van der Waals surface area contributed by atoms with E-state index in [9.17, 15) is 9.90 Å². The summed E-state index contributed by atoms with van der Waals surface area (Å²) in [6.07, 6.45) is 2.19. The van der Waals surface area contributed by atoms with Crippen LogP contribution in [0, 0.1) is 0 Å². The molecule has 2 aliphatic heterocycles. The lowest BCUT2D eigenvalue weighted by Crippen LogP contribution is -2.46. The van der Waals surface area contributed by atoms with Gasteiger partial charge in [0.15, 0.2) is 0 Å². The van der Waals surface area contributed by atoms with Crippen LogP contribution in [0.5, 0.6) is 5.75 Å². The predicted octanol–water partition coefficient (Wildman–Crippen LogP) is 1.10. The van der Waals surface area contributed by atoms with E-state index in [0.717, 1.165) is 37.1 Å². The van der Waals surface area contributed by atoms with E-state index in [1.165, 1.54) is 0 Å². The molecule has 17 heavy (non-hydrogen) atoms. The van der Waals surface area contributed by atoms with Crippen molar-refractivity contribution in [3.05, 3.63) is 29.3 Å². The first-order chi connectivity index (χ1) is 8.25. The molecule has 0 aliphatic carbocycles. The highest BCUT2D eigenvalue weighted by Gasteiger charge is 2.33. The summed E-state index contributed by atoms with van der Waals surface area (Å²) in [7, 11) is 0. The highest BCUT2D eigenvalue weighted by molar-refractivity contribution is 5.98. The van der Waals surface area contributed by atoms with Crippen molar-refractivity contribution in [3.63, 3.8) is 0 Å². The average molecular weight is 232 g/mol. The molecule has 2 N–H and O–H groups in total.